The minimum absolute atomic E-state index is 0.759. The Labute approximate surface area is 93.4 Å². The Kier molecular flexibility index (Phi) is 3.02. The Morgan fingerprint density at radius 3 is 2.57 bits per heavy atom. The summed E-state index contributed by atoms with van der Waals surface area (Å²) >= 11 is 3.44. The van der Waals surface area contributed by atoms with Crippen LogP contribution in [0.5, 0.6) is 0 Å². The van der Waals surface area contributed by atoms with Crippen molar-refractivity contribution in [3.05, 3.63) is 34.3 Å². The molecule has 0 fully saturated rings. The summed E-state index contributed by atoms with van der Waals surface area (Å²) in [6.07, 6.45) is 2.40. The van der Waals surface area contributed by atoms with E-state index in [2.05, 4.69) is 52.1 Å². The van der Waals surface area contributed by atoms with Crippen LogP contribution in [0.2, 0.25) is 0 Å². The monoisotopic (exact) mass is 251 g/mol. The first-order chi connectivity index (χ1) is 6.75. The Bertz CT molecular complexity index is 340. The number of hydrogen-bond acceptors (Lipinski definition) is 1. The molecular weight excluding hydrogens is 238 g/mol. The van der Waals surface area contributed by atoms with Crippen molar-refractivity contribution in [3.8, 4) is 0 Å². The van der Waals surface area contributed by atoms with Gasteiger partial charge < -0.3 is 0 Å². The maximum atomic E-state index is 4.61. The molecule has 2 rings (SSSR count). The fraction of sp³-hybridized carbons (Fsp3) is 0.417. The van der Waals surface area contributed by atoms with Crippen molar-refractivity contribution in [2.24, 2.45) is 10.9 Å². The lowest BCUT2D eigenvalue weighted by atomic mass is 9.96. The van der Waals surface area contributed by atoms with Gasteiger partial charge in [-0.2, -0.15) is 0 Å². The number of nitrogens with zero attached hydrogens (tertiary/aromatic N) is 1. The molecule has 0 amide bonds. The van der Waals surface area contributed by atoms with E-state index >= 15 is 0 Å². The van der Waals surface area contributed by atoms with Crippen LogP contribution in [0, 0.1) is 5.92 Å². The summed E-state index contributed by atoms with van der Waals surface area (Å²) in [6.45, 7) is 3.26. The van der Waals surface area contributed by atoms with Gasteiger partial charge in [0.25, 0.3) is 0 Å². The molecule has 1 aliphatic rings. The Balaban J connectivity index is 2.19. The van der Waals surface area contributed by atoms with Gasteiger partial charge in [0, 0.05) is 16.7 Å². The number of benzene rings is 1. The molecule has 1 unspecified atom stereocenters. The maximum Gasteiger partial charge on any atom is 0.0420 e. The number of hydrogen-bond donors (Lipinski definition) is 0. The van der Waals surface area contributed by atoms with Gasteiger partial charge in [-0.05, 0) is 36.5 Å². The standard InChI is InChI=1S/C12H14BrN/c1-9-2-7-12(14-8-9)10-3-5-11(13)6-4-10/h3-6,9H,2,7-8H2,1H3. The molecule has 0 radical (unpaired) electrons. The molecular formula is C12H14BrN. The molecule has 0 aromatic heterocycles. The molecule has 1 aliphatic heterocycles. The Hall–Kier alpha value is -0.630. The van der Waals surface area contributed by atoms with Crippen molar-refractivity contribution in [1.82, 2.24) is 0 Å². The van der Waals surface area contributed by atoms with Crippen LogP contribution < -0.4 is 0 Å². The average Bonchev–Trinajstić information content (AvgIpc) is 2.21. The molecule has 74 valence electrons. The summed E-state index contributed by atoms with van der Waals surface area (Å²) in [7, 11) is 0. The van der Waals surface area contributed by atoms with Crippen LogP contribution >= 0.6 is 15.9 Å². The molecule has 0 N–H and O–H groups in total. The van der Waals surface area contributed by atoms with Crippen molar-refractivity contribution in [2.45, 2.75) is 19.8 Å². The molecule has 1 heterocycles. The molecule has 0 spiro atoms. The molecule has 0 saturated carbocycles. The van der Waals surface area contributed by atoms with Gasteiger partial charge in [-0.15, -0.1) is 0 Å². The second-order valence-corrected chi connectivity index (χ2v) is 4.85. The highest BCUT2D eigenvalue weighted by atomic mass is 79.9. The highest BCUT2D eigenvalue weighted by molar-refractivity contribution is 9.10. The van der Waals surface area contributed by atoms with Crippen molar-refractivity contribution < 1.29 is 0 Å². The van der Waals surface area contributed by atoms with Crippen LogP contribution in [-0.4, -0.2) is 12.3 Å². The van der Waals surface area contributed by atoms with Crippen LogP contribution in [0.4, 0.5) is 0 Å². The van der Waals surface area contributed by atoms with E-state index in [9.17, 15) is 0 Å². The SMILES string of the molecule is CC1CCC(c2ccc(Br)cc2)=NC1. The molecule has 14 heavy (non-hydrogen) atoms. The van der Waals surface area contributed by atoms with Crippen LogP contribution in [0.25, 0.3) is 0 Å². The predicted octanol–water partition coefficient (Wildman–Crippen LogP) is 3.67. The molecule has 1 nitrogen and oxygen atoms in total. The largest absolute Gasteiger partial charge is 0.289 e. The van der Waals surface area contributed by atoms with E-state index in [-0.39, 0.29) is 0 Å². The molecule has 1 aromatic rings. The van der Waals surface area contributed by atoms with Crippen molar-refractivity contribution in [1.29, 1.82) is 0 Å². The van der Waals surface area contributed by atoms with Crippen LogP contribution in [0.15, 0.2) is 33.7 Å². The smallest absolute Gasteiger partial charge is 0.0420 e. The zero-order valence-electron chi connectivity index (χ0n) is 8.33. The van der Waals surface area contributed by atoms with E-state index in [1.54, 1.807) is 0 Å². The van der Waals surface area contributed by atoms with Crippen LogP contribution in [0.3, 0.4) is 0 Å². The first-order valence-electron chi connectivity index (χ1n) is 5.05. The quantitative estimate of drug-likeness (QED) is 0.723. The molecule has 1 atom stereocenters. The van der Waals surface area contributed by atoms with Gasteiger partial charge in [0.15, 0.2) is 0 Å². The predicted molar refractivity (Wildman–Crippen MR) is 63.9 cm³/mol. The van der Waals surface area contributed by atoms with E-state index in [1.807, 2.05) is 0 Å². The summed E-state index contributed by atoms with van der Waals surface area (Å²) in [5.41, 5.74) is 2.55. The van der Waals surface area contributed by atoms with Crippen molar-refractivity contribution in [2.75, 3.05) is 6.54 Å². The van der Waals surface area contributed by atoms with E-state index in [0.717, 1.165) is 23.4 Å². The fourth-order valence-corrected chi connectivity index (χ4v) is 1.96. The van der Waals surface area contributed by atoms with Crippen LogP contribution in [-0.2, 0) is 0 Å². The Morgan fingerprint density at radius 1 is 1.29 bits per heavy atom. The third kappa shape index (κ3) is 2.24. The molecule has 1 aromatic carbocycles. The van der Waals surface area contributed by atoms with E-state index in [1.165, 1.54) is 17.7 Å². The molecule has 0 bridgehead atoms. The molecule has 2 heteroatoms. The summed E-state index contributed by atoms with van der Waals surface area (Å²) in [6, 6.07) is 8.43. The van der Waals surface area contributed by atoms with Gasteiger partial charge in [0.2, 0.25) is 0 Å². The van der Waals surface area contributed by atoms with E-state index in [0.29, 0.717) is 0 Å². The number of halogens is 1. The minimum atomic E-state index is 0.759. The lowest BCUT2D eigenvalue weighted by molar-refractivity contribution is 0.538. The van der Waals surface area contributed by atoms with Crippen LogP contribution in [0.1, 0.15) is 25.3 Å². The van der Waals surface area contributed by atoms with Crippen molar-refractivity contribution in [3.63, 3.8) is 0 Å². The normalized spacial score (nSPS) is 21.9. The van der Waals surface area contributed by atoms with Crippen molar-refractivity contribution >= 4 is 21.6 Å². The lowest BCUT2D eigenvalue weighted by Crippen LogP contribution is -2.13. The fourth-order valence-electron chi connectivity index (χ4n) is 1.70. The highest BCUT2D eigenvalue weighted by Gasteiger charge is 2.12. The summed E-state index contributed by atoms with van der Waals surface area (Å²) in [5.74, 6) is 0.759. The van der Waals surface area contributed by atoms with E-state index < -0.39 is 0 Å². The minimum Gasteiger partial charge on any atom is -0.289 e. The van der Waals surface area contributed by atoms with Gasteiger partial charge in [0.1, 0.15) is 0 Å². The zero-order valence-corrected chi connectivity index (χ0v) is 9.92. The third-order valence-corrected chi connectivity index (χ3v) is 3.17. The first kappa shape index (κ1) is 9.91. The van der Waals surface area contributed by atoms with E-state index in [4.69, 9.17) is 0 Å². The van der Waals surface area contributed by atoms with Gasteiger partial charge in [-0.1, -0.05) is 35.0 Å². The number of rotatable bonds is 1. The summed E-state index contributed by atoms with van der Waals surface area (Å²) in [4.78, 5) is 4.61. The first-order valence-corrected chi connectivity index (χ1v) is 5.84. The Morgan fingerprint density at radius 2 is 2.00 bits per heavy atom. The number of aliphatic imine (C=N–C) groups is 1. The maximum absolute atomic E-state index is 4.61. The van der Waals surface area contributed by atoms with Gasteiger partial charge in [-0.25, -0.2) is 0 Å². The lowest BCUT2D eigenvalue weighted by Gasteiger charge is -2.17. The second kappa shape index (κ2) is 4.26. The summed E-state index contributed by atoms with van der Waals surface area (Å²) in [5, 5.41) is 0. The average molecular weight is 252 g/mol. The topological polar surface area (TPSA) is 12.4 Å². The zero-order chi connectivity index (χ0) is 9.97. The van der Waals surface area contributed by atoms with Gasteiger partial charge in [-0.3, -0.25) is 4.99 Å². The molecule has 0 saturated heterocycles. The third-order valence-electron chi connectivity index (χ3n) is 2.65. The van der Waals surface area contributed by atoms with Gasteiger partial charge in [0.05, 0.1) is 0 Å². The highest BCUT2D eigenvalue weighted by Crippen LogP contribution is 2.19. The second-order valence-electron chi connectivity index (χ2n) is 3.94. The summed E-state index contributed by atoms with van der Waals surface area (Å²) < 4.78 is 1.13. The molecule has 0 aliphatic carbocycles. The van der Waals surface area contributed by atoms with Gasteiger partial charge >= 0.3 is 0 Å².